The van der Waals surface area contributed by atoms with Crippen molar-refractivity contribution in [2.24, 2.45) is 0 Å². The highest BCUT2D eigenvalue weighted by Crippen LogP contribution is 2.23. The molecule has 114 valence electrons. The van der Waals surface area contributed by atoms with Crippen LogP contribution in [0.15, 0.2) is 48.5 Å². The number of hydrogen-bond donors (Lipinski definition) is 2. The molecule has 0 saturated heterocycles. The van der Waals surface area contributed by atoms with Crippen LogP contribution in [-0.2, 0) is 9.59 Å². The Morgan fingerprint density at radius 2 is 1.73 bits per heavy atom. The Bertz CT molecular complexity index is 689. The van der Waals surface area contributed by atoms with Crippen LogP contribution in [0.25, 0.3) is 0 Å². The van der Waals surface area contributed by atoms with Crippen molar-refractivity contribution in [3.8, 4) is 5.75 Å². The van der Waals surface area contributed by atoms with Gasteiger partial charge >= 0.3 is 0 Å². The Hall–Kier alpha value is -2.53. The topological polar surface area (TPSA) is 67.4 Å². The number of carbonyl (C=O) groups excluding carboxylic acids is 2. The van der Waals surface area contributed by atoms with Crippen LogP contribution in [0.2, 0.25) is 5.02 Å². The van der Waals surface area contributed by atoms with E-state index >= 15 is 0 Å². The Balaban J connectivity index is 1.92. The van der Waals surface area contributed by atoms with Crippen molar-refractivity contribution in [2.75, 3.05) is 17.2 Å². The van der Waals surface area contributed by atoms with Crippen LogP contribution in [0.1, 0.15) is 6.92 Å². The molecule has 2 amide bonds. The minimum Gasteiger partial charge on any atom is -0.482 e. The lowest BCUT2D eigenvalue weighted by molar-refractivity contribution is -0.118. The summed E-state index contributed by atoms with van der Waals surface area (Å²) in [6, 6.07) is 13.8. The minimum atomic E-state index is -0.320. The zero-order valence-electron chi connectivity index (χ0n) is 11.9. The maximum absolute atomic E-state index is 11.9. The van der Waals surface area contributed by atoms with E-state index in [-0.39, 0.29) is 18.4 Å². The summed E-state index contributed by atoms with van der Waals surface area (Å²) in [7, 11) is 0. The number of rotatable bonds is 5. The molecule has 0 fully saturated rings. The lowest BCUT2D eigenvalue weighted by Crippen LogP contribution is -2.20. The van der Waals surface area contributed by atoms with E-state index in [1.54, 1.807) is 48.5 Å². The fraction of sp³-hybridized carbons (Fsp3) is 0.125. The predicted molar refractivity (Wildman–Crippen MR) is 86.3 cm³/mol. The standard InChI is InChI=1S/C16H15ClN2O3/c1-11(20)18-12-5-4-6-13(9-12)19-16(21)10-22-15-8-3-2-7-14(15)17/h2-9H,10H2,1H3,(H,18,20)(H,19,21). The smallest absolute Gasteiger partial charge is 0.262 e. The highest BCUT2D eigenvalue weighted by atomic mass is 35.5. The molecule has 0 bridgehead atoms. The molecule has 6 heteroatoms. The summed E-state index contributed by atoms with van der Waals surface area (Å²) in [5, 5.41) is 5.78. The van der Waals surface area contributed by atoms with Gasteiger partial charge in [0.25, 0.3) is 5.91 Å². The molecule has 2 aromatic carbocycles. The largest absolute Gasteiger partial charge is 0.482 e. The Morgan fingerprint density at radius 3 is 2.41 bits per heavy atom. The number of carbonyl (C=O) groups is 2. The van der Waals surface area contributed by atoms with Crippen LogP contribution in [0.3, 0.4) is 0 Å². The van der Waals surface area contributed by atoms with Crippen molar-refractivity contribution in [2.45, 2.75) is 6.92 Å². The molecule has 0 aliphatic rings. The van der Waals surface area contributed by atoms with Gasteiger partial charge < -0.3 is 15.4 Å². The van der Waals surface area contributed by atoms with Gasteiger partial charge in [-0.25, -0.2) is 0 Å². The summed E-state index contributed by atoms with van der Waals surface area (Å²) in [4.78, 5) is 22.9. The molecule has 5 nitrogen and oxygen atoms in total. The first-order valence-corrected chi connectivity index (χ1v) is 6.97. The molecule has 0 saturated carbocycles. The van der Waals surface area contributed by atoms with Crippen molar-refractivity contribution < 1.29 is 14.3 Å². The van der Waals surface area contributed by atoms with Gasteiger partial charge in [-0.3, -0.25) is 9.59 Å². The summed E-state index contributed by atoms with van der Waals surface area (Å²) >= 11 is 5.94. The lowest BCUT2D eigenvalue weighted by atomic mass is 10.2. The van der Waals surface area contributed by atoms with Crippen LogP contribution in [0.5, 0.6) is 5.75 Å². The lowest BCUT2D eigenvalue weighted by Gasteiger charge is -2.09. The number of para-hydroxylation sites is 1. The molecule has 2 rings (SSSR count). The molecule has 0 aliphatic heterocycles. The maximum atomic E-state index is 11.9. The molecule has 0 radical (unpaired) electrons. The normalized spacial score (nSPS) is 9.91. The van der Waals surface area contributed by atoms with Gasteiger partial charge in [0.15, 0.2) is 6.61 Å². The van der Waals surface area contributed by atoms with Crippen molar-refractivity contribution in [3.63, 3.8) is 0 Å². The Kier molecular flexibility index (Phi) is 5.38. The van der Waals surface area contributed by atoms with Crippen LogP contribution in [0, 0.1) is 0 Å². The van der Waals surface area contributed by atoms with E-state index in [2.05, 4.69) is 10.6 Å². The van der Waals surface area contributed by atoms with E-state index in [0.717, 1.165) is 0 Å². The Labute approximate surface area is 133 Å². The predicted octanol–water partition coefficient (Wildman–Crippen LogP) is 3.32. The van der Waals surface area contributed by atoms with Crippen LogP contribution >= 0.6 is 11.6 Å². The van der Waals surface area contributed by atoms with Gasteiger partial charge in [0, 0.05) is 18.3 Å². The quantitative estimate of drug-likeness (QED) is 0.888. The van der Waals surface area contributed by atoms with Crippen molar-refractivity contribution in [1.29, 1.82) is 0 Å². The number of benzene rings is 2. The SMILES string of the molecule is CC(=O)Nc1cccc(NC(=O)COc2ccccc2Cl)c1. The maximum Gasteiger partial charge on any atom is 0.262 e. The van der Waals surface area contributed by atoms with Gasteiger partial charge in [-0.05, 0) is 30.3 Å². The summed E-state index contributed by atoms with van der Waals surface area (Å²) in [6.07, 6.45) is 0. The van der Waals surface area contributed by atoms with Gasteiger partial charge in [0.1, 0.15) is 5.75 Å². The molecule has 0 atom stereocenters. The average Bonchev–Trinajstić information content (AvgIpc) is 2.46. The Morgan fingerprint density at radius 1 is 1.05 bits per heavy atom. The van der Waals surface area contributed by atoms with Crippen LogP contribution < -0.4 is 15.4 Å². The molecule has 22 heavy (non-hydrogen) atoms. The first-order valence-electron chi connectivity index (χ1n) is 6.59. The summed E-state index contributed by atoms with van der Waals surface area (Å²) in [5.41, 5.74) is 1.18. The monoisotopic (exact) mass is 318 g/mol. The molecule has 2 aromatic rings. The number of ether oxygens (including phenoxy) is 1. The molecule has 0 aliphatic carbocycles. The number of amides is 2. The first kappa shape index (κ1) is 15.9. The molecular weight excluding hydrogens is 304 g/mol. The van der Waals surface area contributed by atoms with E-state index in [9.17, 15) is 9.59 Å². The molecule has 0 unspecified atom stereocenters. The van der Waals surface area contributed by atoms with Gasteiger partial charge in [-0.2, -0.15) is 0 Å². The van der Waals surface area contributed by atoms with Gasteiger partial charge in [0.2, 0.25) is 5.91 Å². The molecule has 0 heterocycles. The van der Waals surface area contributed by atoms with E-state index in [0.29, 0.717) is 22.1 Å². The average molecular weight is 319 g/mol. The fourth-order valence-corrected chi connectivity index (χ4v) is 1.97. The third kappa shape index (κ3) is 4.79. The van der Waals surface area contributed by atoms with E-state index < -0.39 is 0 Å². The van der Waals surface area contributed by atoms with Crippen LogP contribution in [0.4, 0.5) is 11.4 Å². The summed E-state index contributed by atoms with van der Waals surface area (Å²) in [5.74, 6) is -0.0447. The van der Waals surface area contributed by atoms with Crippen molar-refractivity contribution in [1.82, 2.24) is 0 Å². The van der Waals surface area contributed by atoms with Gasteiger partial charge in [-0.1, -0.05) is 29.8 Å². The second kappa shape index (κ2) is 7.47. The molecule has 0 aromatic heterocycles. The summed E-state index contributed by atoms with van der Waals surface area (Å²) in [6.45, 7) is 1.26. The van der Waals surface area contributed by atoms with Crippen molar-refractivity contribution in [3.05, 3.63) is 53.6 Å². The number of hydrogen-bond acceptors (Lipinski definition) is 3. The first-order chi connectivity index (χ1) is 10.5. The number of nitrogens with one attached hydrogen (secondary N) is 2. The summed E-state index contributed by atoms with van der Waals surface area (Å²) < 4.78 is 5.35. The fourth-order valence-electron chi connectivity index (χ4n) is 1.78. The zero-order chi connectivity index (χ0) is 15.9. The van der Waals surface area contributed by atoms with Gasteiger partial charge in [-0.15, -0.1) is 0 Å². The second-order valence-corrected chi connectivity index (χ2v) is 4.94. The molecule has 0 spiro atoms. The van der Waals surface area contributed by atoms with Crippen molar-refractivity contribution >= 4 is 34.8 Å². The van der Waals surface area contributed by atoms with Crippen LogP contribution in [-0.4, -0.2) is 18.4 Å². The minimum absolute atomic E-state index is 0.159. The van der Waals surface area contributed by atoms with Gasteiger partial charge in [0.05, 0.1) is 5.02 Å². The number of anilines is 2. The number of halogens is 1. The van der Waals surface area contributed by atoms with E-state index in [4.69, 9.17) is 16.3 Å². The molecular formula is C16H15ClN2O3. The third-order valence-electron chi connectivity index (χ3n) is 2.66. The third-order valence-corrected chi connectivity index (χ3v) is 2.97. The molecule has 2 N–H and O–H groups in total. The van der Waals surface area contributed by atoms with E-state index in [1.807, 2.05) is 0 Å². The highest BCUT2D eigenvalue weighted by Gasteiger charge is 2.06. The zero-order valence-corrected chi connectivity index (χ0v) is 12.7. The van der Waals surface area contributed by atoms with E-state index in [1.165, 1.54) is 6.92 Å². The second-order valence-electron chi connectivity index (χ2n) is 4.53. The highest BCUT2D eigenvalue weighted by molar-refractivity contribution is 6.32.